The Kier molecular flexibility index (Phi) is 3.91. The van der Waals surface area contributed by atoms with Gasteiger partial charge in [-0.15, -0.1) is 11.8 Å². The van der Waals surface area contributed by atoms with Crippen LogP contribution in [0.25, 0.3) is 0 Å². The molecule has 0 aliphatic heterocycles. The zero-order chi connectivity index (χ0) is 11.4. The highest BCUT2D eigenvalue weighted by Gasteiger charge is 1.98. The molecule has 82 valence electrons. The highest BCUT2D eigenvalue weighted by Crippen LogP contribution is 2.26. The van der Waals surface area contributed by atoms with Crippen LogP contribution in [0.5, 0.6) is 11.5 Å². The lowest BCUT2D eigenvalue weighted by Crippen LogP contribution is -1.83. The minimum absolute atomic E-state index is 0.839. The van der Waals surface area contributed by atoms with Crippen molar-refractivity contribution in [2.45, 2.75) is 4.90 Å². The van der Waals surface area contributed by atoms with Crippen LogP contribution in [0.1, 0.15) is 0 Å². The van der Waals surface area contributed by atoms with E-state index in [4.69, 9.17) is 4.74 Å². The highest BCUT2D eigenvalue weighted by molar-refractivity contribution is 9.10. The molecule has 0 saturated heterocycles. The number of halogens is 1. The molecule has 0 unspecified atom stereocenters. The van der Waals surface area contributed by atoms with Crippen LogP contribution in [0, 0.1) is 0 Å². The van der Waals surface area contributed by atoms with Crippen LogP contribution in [-0.4, -0.2) is 6.26 Å². The minimum Gasteiger partial charge on any atom is -0.457 e. The summed E-state index contributed by atoms with van der Waals surface area (Å²) in [5, 5.41) is 0. The fourth-order valence-corrected chi connectivity index (χ4v) is 2.10. The fraction of sp³-hybridized carbons (Fsp3) is 0.0769. The highest BCUT2D eigenvalue weighted by atomic mass is 79.9. The molecule has 16 heavy (non-hydrogen) atoms. The molecule has 2 rings (SSSR count). The van der Waals surface area contributed by atoms with E-state index in [0.29, 0.717) is 0 Å². The Morgan fingerprint density at radius 1 is 1.00 bits per heavy atom. The van der Waals surface area contributed by atoms with Crippen molar-refractivity contribution in [1.29, 1.82) is 0 Å². The molecule has 0 aromatic heterocycles. The third kappa shape index (κ3) is 3.03. The first kappa shape index (κ1) is 11.6. The molecule has 0 aliphatic carbocycles. The average molecular weight is 295 g/mol. The third-order valence-electron chi connectivity index (χ3n) is 2.09. The maximum Gasteiger partial charge on any atom is 0.128 e. The van der Waals surface area contributed by atoms with E-state index < -0.39 is 0 Å². The zero-order valence-electron chi connectivity index (χ0n) is 8.81. The molecule has 0 amide bonds. The van der Waals surface area contributed by atoms with Gasteiger partial charge in [0.25, 0.3) is 0 Å². The van der Waals surface area contributed by atoms with Crippen molar-refractivity contribution in [3.8, 4) is 11.5 Å². The second-order valence-electron chi connectivity index (χ2n) is 3.23. The van der Waals surface area contributed by atoms with Crippen LogP contribution in [0.15, 0.2) is 57.9 Å². The summed E-state index contributed by atoms with van der Waals surface area (Å²) in [6.07, 6.45) is 2.06. The van der Waals surface area contributed by atoms with Crippen molar-refractivity contribution < 1.29 is 4.74 Å². The van der Waals surface area contributed by atoms with E-state index in [1.54, 1.807) is 11.8 Å². The van der Waals surface area contributed by atoms with Crippen molar-refractivity contribution in [3.63, 3.8) is 0 Å². The molecule has 2 aromatic carbocycles. The first-order valence-electron chi connectivity index (χ1n) is 4.85. The Bertz CT molecular complexity index is 468. The average Bonchev–Trinajstić information content (AvgIpc) is 2.30. The predicted octanol–water partition coefficient (Wildman–Crippen LogP) is 4.96. The van der Waals surface area contributed by atoms with Crippen molar-refractivity contribution in [2.75, 3.05) is 6.26 Å². The standard InChI is InChI=1S/C13H11BrOS/c1-16-13-7-5-11(6-8-13)15-12-4-2-3-10(14)9-12/h2-9H,1H3. The Morgan fingerprint density at radius 3 is 2.38 bits per heavy atom. The van der Waals surface area contributed by atoms with Gasteiger partial charge >= 0.3 is 0 Å². The Labute approximate surface area is 108 Å². The lowest BCUT2D eigenvalue weighted by Gasteiger charge is -2.06. The van der Waals surface area contributed by atoms with Crippen LogP contribution in [0.3, 0.4) is 0 Å². The molecular formula is C13H11BrOS. The maximum absolute atomic E-state index is 5.72. The van der Waals surface area contributed by atoms with Gasteiger partial charge in [-0.25, -0.2) is 0 Å². The first-order chi connectivity index (χ1) is 7.78. The van der Waals surface area contributed by atoms with E-state index in [0.717, 1.165) is 16.0 Å². The van der Waals surface area contributed by atoms with E-state index in [1.807, 2.05) is 36.4 Å². The zero-order valence-corrected chi connectivity index (χ0v) is 11.2. The number of rotatable bonds is 3. The summed E-state index contributed by atoms with van der Waals surface area (Å²) in [5.41, 5.74) is 0. The first-order valence-corrected chi connectivity index (χ1v) is 6.87. The molecule has 0 N–H and O–H groups in total. The van der Waals surface area contributed by atoms with Gasteiger partial charge < -0.3 is 4.74 Å². The number of hydrogen-bond donors (Lipinski definition) is 0. The van der Waals surface area contributed by atoms with Crippen LogP contribution < -0.4 is 4.74 Å². The van der Waals surface area contributed by atoms with Crippen molar-refractivity contribution in [1.82, 2.24) is 0 Å². The predicted molar refractivity (Wildman–Crippen MR) is 72.4 cm³/mol. The van der Waals surface area contributed by atoms with Crippen LogP contribution in [0.4, 0.5) is 0 Å². The van der Waals surface area contributed by atoms with Crippen molar-refractivity contribution >= 4 is 27.7 Å². The van der Waals surface area contributed by atoms with E-state index in [-0.39, 0.29) is 0 Å². The molecule has 0 fully saturated rings. The van der Waals surface area contributed by atoms with E-state index in [9.17, 15) is 0 Å². The Balaban J connectivity index is 2.14. The molecule has 1 nitrogen and oxygen atoms in total. The summed E-state index contributed by atoms with van der Waals surface area (Å²) in [7, 11) is 0. The van der Waals surface area contributed by atoms with Gasteiger partial charge in [0.2, 0.25) is 0 Å². The van der Waals surface area contributed by atoms with Gasteiger partial charge in [0, 0.05) is 9.37 Å². The summed E-state index contributed by atoms with van der Waals surface area (Å²) < 4.78 is 6.74. The number of thioether (sulfide) groups is 1. The molecule has 2 aromatic rings. The monoisotopic (exact) mass is 294 g/mol. The molecule has 0 saturated carbocycles. The third-order valence-corrected chi connectivity index (χ3v) is 3.33. The van der Waals surface area contributed by atoms with Gasteiger partial charge in [-0.05, 0) is 48.7 Å². The molecule has 3 heteroatoms. The molecule has 0 heterocycles. The smallest absolute Gasteiger partial charge is 0.128 e. The fourth-order valence-electron chi connectivity index (χ4n) is 1.31. The second-order valence-corrected chi connectivity index (χ2v) is 5.03. The number of benzene rings is 2. The number of hydrogen-bond acceptors (Lipinski definition) is 2. The largest absolute Gasteiger partial charge is 0.457 e. The van der Waals surface area contributed by atoms with Crippen LogP contribution in [-0.2, 0) is 0 Å². The second kappa shape index (κ2) is 5.41. The quantitative estimate of drug-likeness (QED) is 0.740. The minimum atomic E-state index is 0.839. The molecular weight excluding hydrogens is 284 g/mol. The van der Waals surface area contributed by atoms with E-state index in [2.05, 4.69) is 34.3 Å². The van der Waals surface area contributed by atoms with Gasteiger partial charge in [-0.2, -0.15) is 0 Å². The van der Waals surface area contributed by atoms with Crippen molar-refractivity contribution in [2.24, 2.45) is 0 Å². The van der Waals surface area contributed by atoms with Gasteiger partial charge in [0.1, 0.15) is 11.5 Å². The summed E-state index contributed by atoms with van der Waals surface area (Å²) >= 11 is 5.14. The summed E-state index contributed by atoms with van der Waals surface area (Å²) in [4.78, 5) is 1.24. The van der Waals surface area contributed by atoms with Crippen LogP contribution >= 0.6 is 27.7 Å². The lowest BCUT2D eigenvalue weighted by atomic mass is 10.3. The van der Waals surface area contributed by atoms with Crippen LogP contribution in [0.2, 0.25) is 0 Å². The lowest BCUT2D eigenvalue weighted by molar-refractivity contribution is 0.482. The summed E-state index contributed by atoms with van der Waals surface area (Å²) in [6.45, 7) is 0. The Morgan fingerprint density at radius 2 is 1.75 bits per heavy atom. The molecule has 0 radical (unpaired) electrons. The summed E-state index contributed by atoms with van der Waals surface area (Å²) in [6, 6.07) is 15.9. The van der Waals surface area contributed by atoms with E-state index in [1.165, 1.54) is 4.90 Å². The molecule has 0 spiro atoms. The molecule has 0 atom stereocenters. The number of ether oxygens (including phenoxy) is 1. The SMILES string of the molecule is CSc1ccc(Oc2cccc(Br)c2)cc1. The maximum atomic E-state index is 5.72. The van der Waals surface area contributed by atoms with Gasteiger partial charge in [-0.3, -0.25) is 0 Å². The molecule has 0 bridgehead atoms. The van der Waals surface area contributed by atoms with E-state index >= 15 is 0 Å². The summed E-state index contributed by atoms with van der Waals surface area (Å²) in [5.74, 6) is 1.70. The topological polar surface area (TPSA) is 9.23 Å². The van der Waals surface area contributed by atoms with Crippen molar-refractivity contribution in [3.05, 3.63) is 53.0 Å². The van der Waals surface area contributed by atoms with Gasteiger partial charge in [0.15, 0.2) is 0 Å². The molecule has 0 aliphatic rings. The Hall–Kier alpha value is -0.930. The van der Waals surface area contributed by atoms with Gasteiger partial charge in [0.05, 0.1) is 0 Å². The van der Waals surface area contributed by atoms with Gasteiger partial charge in [-0.1, -0.05) is 22.0 Å². The normalized spacial score (nSPS) is 10.1.